The summed E-state index contributed by atoms with van der Waals surface area (Å²) < 4.78 is 3.52. The first-order valence-corrected chi connectivity index (χ1v) is 10.2. The summed E-state index contributed by atoms with van der Waals surface area (Å²) in [5.41, 5.74) is 3.35. The van der Waals surface area contributed by atoms with Gasteiger partial charge in [0.2, 0.25) is 0 Å². The van der Waals surface area contributed by atoms with Crippen LogP contribution < -0.4 is 15.8 Å². The fraction of sp³-hybridized carbons (Fsp3) is 0.273. The molecule has 29 heavy (non-hydrogen) atoms. The van der Waals surface area contributed by atoms with Gasteiger partial charge in [-0.05, 0) is 43.4 Å². The normalized spacial score (nSPS) is 14.1. The van der Waals surface area contributed by atoms with Gasteiger partial charge < -0.3 is 15.1 Å². The largest absolute Gasteiger partial charge is 0.368 e. The van der Waals surface area contributed by atoms with Crippen LogP contribution in [0, 0.1) is 6.92 Å². The van der Waals surface area contributed by atoms with Gasteiger partial charge in [0.1, 0.15) is 5.69 Å². The highest BCUT2D eigenvalue weighted by molar-refractivity contribution is 7.80. The van der Waals surface area contributed by atoms with Gasteiger partial charge in [0.05, 0.1) is 11.4 Å². The Morgan fingerprint density at radius 1 is 0.897 bits per heavy atom. The lowest BCUT2D eigenvalue weighted by Crippen LogP contribution is -2.50. The third-order valence-electron chi connectivity index (χ3n) is 5.47. The van der Waals surface area contributed by atoms with Crippen LogP contribution in [0.15, 0.2) is 65.5 Å². The molecule has 0 aliphatic carbocycles. The second kappa shape index (κ2) is 8.13. The van der Waals surface area contributed by atoms with E-state index in [9.17, 15) is 4.79 Å². The molecule has 0 unspecified atom stereocenters. The van der Waals surface area contributed by atoms with E-state index in [1.165, 1.54) is 5.69 Å². The first-order chi connectivity index (χ1) is 14.1. The van der Waals surface area contributed by atoms with E-state index >= 15 is 0 Å². The second-order valence-electron chi connectivity index (χ2n) is 7.18. The molecule has 0 amide bonds. The lowest BCUT2D eigenvalue weighted by molar-refractivity contribution is 0.391. The van der Waals surface area contributed by atoms with E-state index in [-0.39, 0.29) is 5.56 Å². The van der Waals surface area contributed by atoms with Crippen molar-refractivity contribution in [2.24, 2.45) is 7.05 Å². The van der Waals surface area contributed by atoms with Gasteiger partial charge in [-0.25, -0.2) is 4.68 Å². The van der Waals surface area contributed by atoms with E-state index in [1.807, 2.05) is 55.1 Å². The van der Waals surface area contributed by atoms with Gasteiger partial charge in [0.15, 0.2) is 5.11 Å². The highest BCUT2D eigenvalue weighted by Crippen LogP contribution is 2.18. The number of hydrogen-bond acceptors (Lipinski definition) is 3. The summed E-state index contributed by atoms with van der Waals surface area (Å²) in [4.78, 5) is 17.5. The zero-order valence-corrected chi connectivity index (χ0v) is 17.5. The molecule has 1 N–H and O–H groups in total. The van der Waals surface area contributed by atoms with Crippen molar-refractivity contribution < 1.29 is 0 Å². The zero-order valence-electron chi connectivity index (χ0n) is 16.7. The van der Waals surface area contributed by atoms with E-state index in [0.717, 1.165) is 37.6 Å². The Morgan fingerprint density at radius 2 is 1.45 bits per heavy atom. The second-order valence-corrected chi connectivity index (χ2v) is 7.56. The number of piperazine rings is 1. The number of rotatable bonds is 3. The maximum atomic E-state index is 13.1. The van der Waals surface area contributed by atoms with Crippen LogP contribution in [0.4, 0.5) is 11.4 Å². The molecule has 0 atom stereocenters. The summed E-state index contributed by atoms with van der Waals surface area (Å²) in [6.45, 7) is 5.36. The van der Waals surface area contributed by atoms with Crippen LogP contribution >= 0.6 is 12.2 Å². The average molecular weight is 408 g/mol. The Labute approximate surface area is 176 Å². The van der Waals surface area contributed by atoms with Crippen LogP contribution in [0.25, 0.3) is 5.69 Å². The quantitative estimate of drug-likeness (QED) is 0.677. The topological polar surface area (TPSA) is 45.4 Å². The number of nitrogens with zero attached hydrogens (tertiary/aromatic N) is 4. The SMILES string of the molecule is Cc1c(NC(=S)N2CCN(c3ccccc3)CC2)c(=O)n(-c2ccccc2)n1C. The Kier molecular flexibility index (Phi) is 5.40. The van der Waals surface area contributed by atoms with Crippen LogP contribution in [0.1, 0.15) is 5.69 Å². The minimum Gasteiger partial charge on any atom is -0.368 e. The summed E-state index contributed by atoms with van der Waals surface area (Å²) in [5.74, 6) is 0. The molecule has 7 heteroatoms. The summed E-state index contributed by atoms with van der Waals surface area (Å²) in [7, 11) is 1.89. The molecule has 1 aliphatic heterocycles. The Balaban J connectivity index is 1.48. The molecule has 150 valence electrons. The van der Waals surface area contributed by atoms with Crippen molar-refractivity contribution in [2.75, 3.05) is 36.4 Å². The lowest BCUT2D eigenvalue weighted by Gasteiger charge is -2.37. The summed E-state index contributed by atoms with van der Waals surface area (Å²) in [6.07, 6.45) is 0. The summed E-state index contributed by atoms with van der Waals surface area (Å²) in [5, 5.41) is 3.82. The van der Waals surface area contributed by atoms with Gasteiger partial charge >= 0.3 is 0 Å². The van der Waals surface area contributed by atoms with Crippen LogP contribution in [0.2, 0.25) is 0 Å². The molecule has 4 rings (SSSR count). The molecule has 0 spiro atoms. The molecule has 1 aliphatic rings. The molecular weight excluding hydrogens is 382 g/mol. The smallest absolute Gasteiger partial charge is 0.295 e. The molecule has 2 heterocycles. The van der Waals surface area contributed by atoms with Crippen molar-refractivity contribution in [2.45, 2.75) is 6.92 Å². The third kappa shape index (κ3) is 3.78. The van der Waals surface area contributed by atoms with Gasteiger partial charge in [0, 0.05) is 38.9 Å². The predicted molar refractivity (Wildman–Crippen MR) is 122 cm³/mol. The van der Waals surface area contributed by atoms with Crippen LogP contribution in [-0.2, 0) is 7.05 Å². The Morgan fingerprint density at radius 3 is 2.03 bits per heavy atom. The molecule has 0 bridgehead atoms. The lowest BCUT2D eigenvalue weighted by atomic mass is 10.2. The first-order valence-electron chi connectivity index (χ1n) is 9.76. The fourth-order valence-corrected chi connectivity index (χ4v) is 3.99. The van der Waals surface area contributed by atoms with Gasteiger partial charge in [-0.15, -0.1) is 0 Å². The standard InChI is InChI=1S/C22H25N5OS/c1-17-20(21(28)27(24(17)2)19-11-7-4-8-12-19)23-22(29)26-15-13-25(14-16-26)18-9-5-3-6-10-18/h3-12H,13-16H2,1-2H3,(H,23,29). The van der Waals surface area contributed by atoms with Crippen molar-refractivity contribution >= 4 is 28.7 Å². The molecule has 1 fully saturated rings. The number of nitrogens with one attached hydrogen (secondary N) is 1. The van der Waals surface area contributed by atoms with Crippen molar-refractivity contribution in [3.63, 3.8) is 0 Å². The number of benzene rings is 2. The Hall–Kier alpha value is -3.06. The van der Waals surface area contributed by atoms with Crippen molar-refractivity contribution in [3.8, 4) is 5.69 Å². The van der Waals surface area contributed by atoms with Gasteiger partial charge in [0.25, 0.3) is 5.56 Å². The van der Waals surface area contributed by atoms with Crippen molar-refractivity contribution in [1.29, 1.82) is 0 Å². The minimum absolute atomic E-state index is 0.0959. The van der Waals surface area contributed by atoms with Crippen molar-refractivity contribution in [3.05, 3.63) is 76.7 Å². The maximum Gasteiger partial charge on any atom is 0.295 e. The fourth-order valence-electron chi connectivity index (χ4n) is 3.70. The molecule has 1 aromatic heterocycles. The predicted octanol–water partition coefficient (Wildman–Crippen LogP) is 3.00. The van der Waals surface area contributed by atoms with Gasteiger partial charge in [-0.3, -0.25) is 9.48 Å². The third-order valence-corrected chi connectivity index (χ3v) is 5.83. The summed E-state index contributed by atoms with van der Waals surface area (Å²) in [6, 6.07) is 20.0. The van der Waals surface area contributed by atoms with Crippen LogP contribution in [-0.4, -0.2) is 45.6 Å². The van der Waals surface area contributed by atoms with Crippen LogP contribution in [0.5, 0.6) is 0 Å². The Bertz CT molecular complexity index is 1050. The number of anilines is 2. The molecule has 1 saturated heterocycles. The van der Waals surface area contributed by atoms with E-state index in [0.29, 0.717) is 10.8 Å². The average Bonchev–Trinajstić information content (AvgIpc) is 2.98. The molecule has 0 radical (unpaired) electrons. The number of para-hydroxylation sites is 2. The zero-order chi connectivity index (χ0) is 20.4. The van der Waals surface area contributed by atoms with Gasteiger partial charge in [-0.2, -0.15) is 0 Å². The maximum absolute atomic E-state index is 13.1. The molecular formula is C22H25N5OS. The van der Waals surface area contributed by atoms with E-state index < -0.39 is 0 Å². The van der Waals surface area contributed by atoms with Crippen LogP contribution in [0.3, 0.4) is 0 Å². The first kappa shape index (κ1) is 19.3. The molecule has 2 aromatic carbocycles. The number of thiocarbonyl (C=S) groups is 1. The number of hydrogen-bond donors (Lipinski definition) is 1. The van der Waals surface area contributed by atoms with E-state index in [1.54, 1.807) is 4.68 Å². The van der Waals surface area contributed by atoms with E-state index in [2.05, 4.69) is 39.4 Å². The monoisotopic (exact) mass is 407 g/mol. The van der Waals surface area contributed by atoms with Gasteiger partial charge in [-0.1, -0.05) is 36.4 Å². The molecule has 3 aromatic rings. The molecule has 6 nitrogen and oxygen atoms in total. The van der Waals surface area contributed by atoms with Crippen molar-refractivity contribution in [1.82, 2.24) is 14.3 Å². The van der Waals surface area contributed by atoms with E-state index in [4.69, 9.17) is 12.2 Å². The number of aromatic nitrogens is 2. The highest BCUT2D eigenvalue weighted by Gasteiger charge is 2.22. The minimum atomic E-state index is -0.0959. The summed E-state index contributed by atoms with van der Waals surface area (Å²) >= 11 is 5.64. The highest BCUT2D eigenvalue weighted by atomic mass is 32.1. The molecule has 0 saturated carbocycles.